The van der Waals surface area contributed by atoms with Crippen molar-refractivity contribution in [2.45, 2.75) is 75.3 Å². The van der Waals surface area contributed by atoms with Crippen LogP contribution in [0.5, 0.6) is 0 Å². The molecule has 2 aliphatic rings. The highest BCUT2D eigenvalue weighted by Crippen LogP contribution is 2.33. The van der Waals surface area contributed by atoms with Crippen LogP contribution in [-0.2, 0) is 9.84 Å². The van der Waals surface area contributed by atoms with Crippen LogP contribution in [-0.4, -0.2) is 54.7 Å². The van der Waals surface area contributed by atoms with Gasteiger partial charge in [-0.3, -0.25) is 4.90 Å². The highest BCUT2D eigenvalue weighted by Gasteiger charge is 2.36. The molecule has 2 rings (SSSR count). The van der Waals surface area contributed by atoms with Gasteiger partial charge in [0.1, 0.15) is 9.84 Å². The summed E-state index contributed by atoms with van der Waals surface area (Å²) in [5.74, 6) is 0. The lowest BCUT2D eigenvalue weighted by molar-refractivity contribution is 0.0945. The summed E-state index contributed by atoms with van der Waals surface area (Å²) in [6.45, 7) is 2.91. The molecule has 1 heterocycles. The molecule has 0 spiro atoms. The quantitative estimate of drug-likeness (QED) is 0.853. The number of hydrogen-bond acceptors (Lipinski definition) is 4. The van der Waals surface area contributed by atoms with Gasteiger partial charge in [-0.25, -0.2) is 8.42 Å². The molecule has 0 aromatic carbocycles. The number of hydrogen-bond donors (Lipinski definition) is 1. The van der Waals surface area contributed by atoms with Crippen molar-refractivity contribution >= 4 is 9.84 Å². The molecule has 0 radical (unpaired) electrons. The third kappa shape index (κ3) is 3.92. The fraction of sp³-hybridized carbons (Fsp3) is 1.00. The highest BCUT2D eigenvalue weighted by atomic mass is 32.2. The second-order valence-electron chi connectivity index (χ2n) is 6.39. The summed E-state index contributed by atoms with van der Waals surface area (Å²) in [6.07, 6.45) is 7.99. The smallest absolute Gasteiger partial charge is 0.150 e. The lowest BCUT2D eigenvalue weighted by atomic mass is 9.92. The van der Waals surface area contributed by atoms with E-state index < -0.39 is 9.84 Å². The Kier molecular flexibility index (Phi) is 4.90. The second kappa shape index (κ2) is 6.10. The van der Waals surface area contributed by atoms with Gasteiger partial charge in [-0.2, -0.15) is 0 Å². The van der Waals surface area contributed by atoms with E-state index in [4.69, 9.17) is 0 Å². The topological polar surface area (TPSA) is 57.6 Å². The molecule has 19 heavy (non-hydrogen) atoms. The zero-order chi connectivity index (χ0) is 14.0. The van der Waals surface area contributed by atoms with Crippen LogP contribution in [0.4, 0.5) is 0 Å². The summed E-state index contributed by atoms with van der Waals surface area (Å²) < 4.78 is 23.5. The molecule has 0 amide bonds. The van der Waals surface area contributed by atoms with E-state index in [1.807, 2.05) is 6.92 Å². The van der Waals surface area contributed by atoms with Crippen LogP contribution in [0.3, 0.4) is 0 Å². The zero-order valence-electron chi connectivity index (χ0n) is 12.1. The van der Waals surface area contributed by atoms with Crippen molar-refractivity contribution in [3.63, 3.8) is 0 Å². The third-order valence-electron chi connectivity index (χ3n) is 4.71. The summed E-state index contributed by atoms with van der Waals surface area (Å²) in [7, 11) is -2.90. The Labute approximate surface area is 117 Å². The van der Waals surface area contributed by atoms with Crippen LogP contribution >= 0.6 is 0 Å². The van der Waals surface area contributed by atoms with E-state index in [1.54, 1.807) is 0 Å². The Morgan fingerprint density at radius 1 is 1.26 bits per heavy atom. The minimum atomic E-state index is -2.90. The molecule has 0 aromatic heterocycles. The average molecular weight is 289 g/mol. The Morgan fingerprint density at radius 3 is 2.63 bits per heavy atom. The molecule has 5 heteroatoms. The first-order valence-electron chi connectivity index (χ1n) is 7.50. The lowest BCUT2D eigenvalue weighted by Crippen LogP contribution is -2.45. The molecule has 4 unspecified atom stereocenters. The standard InChI is InChI=1S/C14H27NO3S/c1-11(16)9-12-6-4-8-15(12)13-5-3-7-14(10-13)19(2,17)18/h11-14,16H,3-10H2,1-2H3. The highest BCUT2D eigenvalue weighted by molar-refractivity contribution is 7.91. The molecule has 1 saturated carbocycles. The maximum absolute atomic E-state index is 11.7. The van der Waals surface area contributed by atoms with Crippen molar-refractivity contribution in [1.29, 1.82) is 0 Å². The fourth-order valence-electron chi connectivity index (χ4n) is 3.80. The van der Waals surface area contributed by atoms with E-state index in [0.717, 1.165) is 45.1 Å². The van der Waals surface area contributed by atoms with Crippen LogP contribution in [0, 0.1) is 0 Å². The summed E-state index contributed by atoms with van der Waals surface area (Å²) in [5.41, 5.74) is 0. The number of rotatable bonds is 4. The lowest BCUT2D eigenvalue weighted by Gasteiger charge is -2.38. The van der Waals surface area contributed by atoms with Gasteiger partial charge >= 0.3 is 0 Å². The Bertz CT molecular complexity index is 393. The summed E-state index contributed by atoms with van der Waals surface area (Å²) >= 11 is 0. The SMILES string of the molecule is CC(O)CC1CCCN1C1CCCC(S(C)(=O)=O)C1. The maximum atomic E-state index is 11.7. The van der Waals surface area contributed by atoms with Gasteiger partial charge in [-0.15, -0.1) is 0 Å². The third-order valence-corrected chi connectivity index (χ3v) is 6.35. The molecule has 1 aliphatic carbocycles. The molecule has 4 nitrogen and oxygen atoms in total. The summed E-state index contributed by atoms with van der Waals surface area (Å²) in [4.78, 5) is 2.48. The van der Waals surface area contributed by atoms with Crippen molar-refractivity contribution < 1.29 is 13.5 Å². The Balaban J connectivity index is 2.00. The maximum Gasteiger partial charge on any atom is 0.150 e. The number of likely N-dealkylation sites (tertiary alicyclic amines) is 1. The van der Waals surface area contributed by atoms with E-state index >= 15 is 0 Å². The number of sulfone groups is 1. The minimum absolute atomic E-state index is 0.154. The molecular formula is C14H27NO3S. The van der Waals surface area contributed by atoms with Crippen LogP contribution < -0.4 is 0 Å². The monoisotopic (exact) mass is 289 g/mol. The molecule has 1 saturated heterocycles. The molecule has 1 N–H and O–H groups in total. The molecule has 4 atom stereocenters. The van der Waals surface area contributed by atoms with Crippen LogP contribution in [0.25, 0.3) is 0 Å². The van der Waals surface area contributed by atoms with Crippen LogP contribution in [0.15, 0.2) is 0 Å². The van der Waals surface area contributed by atoms with E-state index in [0.29, 0.717) is 12.1 Å². The summed E-state index contributed by atoms with van der Waals surface area (Å²) in [6, 6.07) is 0.850. The largest absolute Gasteiger partial charge is 0.393 e. The number of aliphatic hydroxyl groups is 1. The average Bonchev–Trinajstić information content (AvgIpc) is 2.75. The molecule has 0 bridgehead atoms. The van der Waals surface area contributed by atoms with Gasteiger partial charge < -0.3 is 5.11 Å². The van der Waals surface area contributed by atoms with Crippen LogP contribution in [0.2, 0.25) is 0 Å². The van der Waals surface area contributed by atoms with E-state index in [9.17, 15) is 13.5 Å². The van der Waals surface area contributed by atoms with Gasteiger partial charge in [0.2, 0.25) is 0 Å². The Hall–Kier alpha value is -0.130. The first-order chi connectivity index (χ1) is 8.88. The van der Waals surface area contributed by atoms with Crippen molar-refractivity contribution in [3.8, 4) is 0 Å². The second-order valence-corrected chi connectivity index (χ2v) is 8.72. The van der Waals surface area contributed by atoms with Gasteiger partial charge in [0.05, 0.1) is 11.4 Å². The van der Waals surface area contributed by atoms with E-state index in [1.165, 1.54) is 12.7 Å². The van der Waals surface area contributed by atoms with Crippen molar-refractivity contribution in [1.82, 2.24) is 4.90 Å². The first-order valence-corrected chi connectivity index (χ1v) is 9.46. The molecule has 1 aliphatic heterocycles. The van der Waals surface area contributed by atoms with Crippen LogP contribution in [0.1, 0.15) is 51.9 Å². The molecule has 2 fully saturated rings. The first kappa shape index (κ1) is 15.3. The van der Waals surface area contributed by atoms with E-state index in [2.05, 4.69) is 4.90 Å². The van der Waals surface area contributed by atoms with Gasteiger partial charge in [0.25, 0.3) is 0 Å². The number of nitrogens with zero attached hydrogens (tertiary/aromatic N) is 1. The number of aliphatic hydroxyl groups excluding tert-OH is 1. The fourth-order valence-corrected chi connectivity index (χ4v) is 4.96. The van der Waals surface area contributed by atoms with Crippen molar-refractivity contribution in [2.24, 2.45) is 0 Å². The van der Waals surface area contributed by atoms with Gasteiger partial charge in [0, 0.05) is 18.3 Å². The van der Waals surface area contributed by atoms with Crippen molar-refractivity contribution in [2.75, 3.05) is 12.8 Å². The van der Waals surface area contributed by atoms with Crippen molar-refractivity contribution in [3.05, 3.63) is 0 Å². The molecule has 112 valence electrons. The predicted octanol–water partition coefficient (Wildman–Crippen LogP) is 1.58. The summed E-state index contributed by atoms with van der Waals surface area (Å²) in [5, 5.41) is 9.43. The van der Waals surface area contributed by atoms with Gasteiger partial charge in [0.15, 0.2) is 0 Å². The minimum Gasteiger partial charge on any atom is -0.393 e. The van der Waals surface area contributed by atoms with E-state index in [-0.39, 0.29) is 11.4 Å². The normalized spacial score (nSPS) is 35.4. The molecular weight excluding hydrogens is 262 g/mol. The Morgan fingerprint density at radius 2 is 2.00 bits per heavy atom. The van der Waals surface area contributed by atoms with Gasteiger partial charge in [-0.05, 0) is 52.0 Å². The van der Waals surface area contributed by atoms with Gasteiger partial charge in [-0.1, -0.05) is 6.42 Å². The zero-order valence-corrected chi connectivity index (χ0v) is 12.9. The molecule has 0 aromatic rings. The predicted molar refractivity (Wildman–Crippen MR) is 76.9 cm³/mol.